The number of benzene rings is 1. The van der Waals surface area contributed by atoms with Crippen molar-refractivity contribution < 1.29 is 4.79 Å². The fourth-order valence-electron chi connectivity index (χ4n) is 1.91. The van der Waals surface area contributed by atoms with Crippen molar-refractivity contribution in [2.75, 3.05) is 10.6 Å². The summed E-state index contributed by atoms with van der Waals surface area (Å²) in [7, 11) is 0. The molecule has 3 rings (SSSR count). The number of halogens is 1. The van der Waals surface area contributed by atoms with Crippen molar-refractivity contribution in [1.29, 1.82) is 0 Å². The zero-order valence-electron chi connectivity index (χ0n) is 12.1. The fourth-order valence-corrected chi connectivity index (χ4v) is 2.09. The van der Waals surface area contributed by atoms with Crippen LogP contribution in [0.5, 0.6) is 0 Å². The van der Waals surface area contributed by atoms with Gasteiger partial charge >= 0.3 is 6.03 Å². The molecule has 114 valence electrons. The lowest BCUT2D eigenvalue weighted by molar-refractivity contribution is 0.251. The molecule has 7 heteroatoms. The highest BCUT2D eigenvalue weighted by Crippen LogP contribution is 2.25. The molecule has 2 amide bonds. The molecule has 1 fully saturated rings. The minimum Gasteiger partial charge on any atom is -0.338 e. The van der Waals surface area contributed by atoms with E-state index in [1.807, 2.05) is 25.1 Å². The standard InChI is InChI=1S/C15H16ClN5O/c1-9-11(16)3-2-4-12(9)18-13-7-8-14(21-20-13)19-15(22)17-10-5-6-10/h2-4,7-8,10H,5-6H2,1H3,(H,18,20)(H2,17,19,21,22). The van der Waals surface area contributed by atoms with E-state index >= 15 is 0 Å². The minimum absolute atomic E-state index is 0.247. The molecular weight excluding hydrogens is 302 g/mol. The summed E-state index contributed by atoms with van der Waals surface area (Å²) in [6, 6.07) is 9.12. The highest BCUT2D eigenvalue weighted by molar-refractivity contribution is 6.31. The number of rotatable bonds is 4. The van der Waals surface area contributed by atoms with E-state index in [-0.39, 0.29) is 6.03 Å². The van der Waals surface area contributed by atoms with Crippen molar-refractivity contribution in [2.24, 2.45) is 0 Å². The SMILES string of the molecule is Cc1c(Cl)cccc1Nc1ccc(NC(=O)NC2CC2)nn1. The third kappa shape index (κ3) is 3.65. The van der Waals surface area contributed by atoms with Crippen LogP contribution in [0.3, 0.4) is 0 Å². The van der Waals surface area contributed by atoms with Gasteiger partial charge in [0.05, 0.1) is 0 Å². The average molecular weight is 318 g/mol. The number of anilines is 3. The van der Waals surface area contributed by atoms with Crippen LogP contribution in [0, 0.1) is 6.92 Å². The molecule has 0 unspecified atom stereocenters. The van der Waals surface area contributed by atoms with Gasteiger partial charge in [0.15, 0.2) is 11.6 Å². The molecular formula is C15H16ClN5O. The summed E-state index contributed by atoms with van der Waals surface area (Å²) >= 11 is 6.08. The molecule has 22 heavy (non-hydrogen) atoms. The molecule has 6 nitrogen and oxygen atoms in total. The summed E-state index contributed by atoms with van der Waals surface area (Å²) in [6.45, 7) is 1.93. The molecule has 1 heterocycles. The lowest BCUT2D eigenvalue weighted by Gasteiger charge is -2.10. The molecule has 1 aromatic heterocycles. The van der Waals surface area contributed by atoms with Gasteiger partial charge in [-0.2, -0.15) is 0 Å². The van der Waals surface area contributed by atoms with Crippen molar-refractivity contribution in [3.05, 3.63) is 40.9 Å². The molecule has 2 aromatic rings. The number of hydrogen-bond acceptors (Lipinski definition) is 4. The smallest absolute Gasteiger partial charge is 0.320 e. The van der Waals surface area contributed by atoms with Crippen LogP contribution in [-0.2, 0) is 0 Å². The van der Waals surface area contributed by atoms with Crippen LogP contribution in [-0.4, -0.2) is 22.3 Å². The Morgan fingerprint density at radius 3 is 2.59 bits per heavy atom. The van der Waals surface area contributed by atoms with Crippen LogP contribution in [0.25, 0.3) is 0 Å². The van der Waals surface area contributed by atoms with Crippen LogP contribution in [0.15, 0.2) is 30.3 Å². The Kier molecular flexibility index (Phi) is 4.11. The van der Waals surface area contributed by atoms with E-state index in [0.29, 0.717) is 22.7 Å². The van der Waals surface area contributed by atoms with E-state index in [2.05, 4.69) is 26.1 Å². The number of aromatic nitrogens is 2. The van der Waals surface area contributed by atoms with E-state index < -0.39 is 0 Å². The lowest BCUT2D eigenvalue weighted by atomic mass is 10.2. The number of urea groups is 1. The van der Waals surface area contributed by atoms with Gasteiger partial charge < -0.3 is 10.6 Å². The van der Waals surface area contributed by atoms with Crippen molar-refractivity contribution in [3.8, 4) is 0 Å². The fraction of sp³-hybridized carbons (Fsp3) is 0.267. The van der Waals surface area contributed by atoms with Gasteiger partial charge in [-0.15, -0.1) is 10.2 Å². The summed E-state index contributed by atoms with van der Waals surface area (Å²) in [5.41, 5.74) is 1.81. The lowest BCUT2D eigenvalue weighted by Crippen LogP contribution is -2.30. The first-order valence-corrected chi connectivity index (χ1v) is 7.43. The summed E-state index contributed by atoms with van der Waals surface area (Å²) in [5, 5.41) is 17.3. The second kappa shape index (κ2) is 6.19. The Hall–Kier alpha value is -2.34. The number of nitrogens with zero attached hydrogens (tertiary/aromatic N) is 2. The van der Waals surface area contributed by atoms with Gasteiger partial charge in [-0.1, -0.05) is 17.7 Å². The van der Waals surface area contributed by atoms with E-state index in [1.165, 1.54) is 0 Å². The van der Waals surface area contributed by atoms with Crippen molar-refractivity contribution in [1.82, 2.24) is 15.5 Å². The van der Waals surface area contributed by atoms with E-state index in [1.54, 1.807) is 12.1 Å². The molecule has 3 N–H and O–H groups in total. The second-order valence-electron chi connectivity index (χ2n) is 5.21. The first kappa shape index (κ1) is 14.6. The Bertz CT molecular complexity index is 685. The number of amides is 2. The largest absolute Gasteiger partial charge is 0.338 e. The predicted molar refractivity (Wildman–Crippen MR) is 86.7 cm³/mol. The highest BCUT2D eigenvalue weighted by atomic mass is 35.5. The van der Waals surface area contributed by atoms with Crippen molar-refractivity contribution in [2.45, 2.75) is 25.8 Å². The van der Waals surface area contributed by atoms with Crippen LogP contribution in [0.1, 0.15) is 18.4 Å². The zero-order chi connectivity index (χ0) is 15.5. The molecule has 1 aliphatic rings. The Balaban J connectivity index is 1.63. The molecule has 1 aromatic carbocycles. The molecule has 1 aliphatic carbocycles. The Labute approximate surface area is 133 Å². The average Bonchev–Trinajstić information content (AvgIpc) is 3.30. The third-order valence-electron chi connectivity index (χ3n) is 3.35. The topological polar surface area (TPSA) is 78.9 Å². The number of carbonyl (C=O) groups excluding carboxylic acids is 1. The summed E-state index contributed by atoms with van der Waals surface area (Å²) in [6.07, 6.45) is 2.09. The highest BCUT2D eigenvalue weighted by Gasteiger charge is 2.23. The summed E-state index contributed by atoms with van der Waals surface area (Å²) < 4.78 is 0. The Morgan fingerprint density at radius 1 is 1.18 bits per heavy atom. The summed E-state index contributed by atoms with van der Waals surface area (Å²) in [4.78, 5) is 11.6. The van der Waals surface area contributed by atoms with Crippen LogP contribution in [0.4, 0.5) is 22.1 Å². The maximum absolute atomic E-state index is 11.6. The number of carbonyl (C=O) groups is 1. The first-order valence-electron chi connectivity index (χ1n) is 7.05. The van der Waals surface area contributed by atoms with Crippen LogP contribution >= 0.6 is 11.6 Å². The normalized spacial score (nSPS) is 13.5. The van der Waals surface area contributed by atoms with Gasteiger partial charge in [0, 0.05) is 16.8 Å². The van der Waals surface area contributed by atoms with Crippen LogP contribution in [0.2, 0.25) is 5.02 Å². The zero-order valence-corrected chi connectivity index (χ0v) is 12.8. The number of nitrogens with one attached hydrogen (secondary N) is 3. The van der Waals surface area contributed by atoms with Gasteiger partial charge in [-0.05, 0) is 49.6 Å². The number of hydrogen-bond donors (Lipinski definition) is 3. The third-order valence-corrected chi connectivity index (χ3v) is 3.76. The predicted octanol–water partition coefficient (Wildman–Crippen LogP) is 3.47. The molecule has 0 spiro atoms. The van der Waals surface area contributed by atoms with Crippen molar-refractivity contribution >= 4 is 35.0 Å². The van der Waals surface area contributed by atoms with Gasteiger partial charge in [-0.3, -0.25) is 5.32 Å². The van der Waals surface area contributed by atoms with Crippen LogP contribution < -0.4 is 16.0 Å². The second-order valence-corrected chi connectivity index (χ2v) is 5.62. The maximum atomic E-state index is 11.6. The van der Waals surface area contributed by atoms with Gasteiger partial charge in [0.2, 0.25) is 0 Å². The monoisotopic (exact) mass is 317 g/mol. The minimum atomic E-state index is -0.247. The molecule has 0 atom stereocenters. The van der Waals surface area contributed by atoms with E-state index in [9.17, 15) is 4.79 Å². The maximum Gasteiger partial charge on any atom is 0.320 e. The molecule has 0 saturated heterocycles. The molecule has 1 saturated carbocycles. The van der Waals surface area contributed by atoms with E-state index in [4.69, 9.17) is 11.6 Å². The van der Waals surface area contributed by atoms with Gasteiger partial charge in [-0.25, -0.2) is 4.79 Å². The van der Waals surface area contributed by atoms with E-state index in [0.717, 1.165) is 24.1 Å². The first-order chi connectivity index (χ1) is 10.6. The summed E-state index contributed by atoms with van der Waals surface area (Å²) in [5.74, 6) is 0.991. The van der Waals surface area contributed by atoms with Gasteiger partial charge in [0.25, 0.3) is 0 Å². The van der Waals surface area contributed by atoms with Crippen molar-refractivity contribution in [3.63, 3.8) is 0 Å². The molecule has 0 aliphatic heterocycles. The Morgan fingerprint density at radius 2 is 1.91 bits per heavy atom. The molecule has 0 bridgehead atoms. The quantitative estimate of drug-likeness (QED) is 0.806. The van der Waals surface area contributed by atoms with Gasteiger partial charge in [0.1, 0.15) is 0 Å². The molecule has 0 radical (unpaired) electrons.